The number of carbonyl (C=O) groups excluding carboxylic acids is 1. The molecular formula is C24H23FN2O5S. The highest BCUT2D eigenvalue weighted by Gasteiger charge is 2.16. The molecular weight excluding hydrogens is 447 g/mol. The molecule has 9 heteroatoms. The number of rotatable bonds is 9. The van der Waals surface area contributed by atoms with E-state index in [9.17, 15) is 17.6 Å². The maximum Gasteiger partial charge on any atom is 0.261 e. The van der Waals surface area contributed by atoms with Crippen LogP contribution in [0.5, 0.6) is 11.5 Å². The van der Waals surface area contributed by atoms with Crippen LogP contribution in [0.2, 0.25) is 0 Å². The Morgan fingerprint density at radius 2 is 1.70 bits per heavy atom. The van der Waals surface area contributed by atoms with Gasteiger partial charge >= 0.3 is 0 Å². The fourth-order valence-corrected chi connectivity index (χ4v) is 3.99. The minimum atomic E-state index is -3.97. The van der Waals surface area contributed by atoms with Crippen LogP contribution in [0, 0.1) is 5.82 Å². The van der Waals surface area contributed by atoms with Crippen LogP contribution in [-0.4, -0.2) is 28.0 Å². The molecule has 33 heavy (non-hydrogen) atoms. The smallest absolute Gasteiger partial charge is 0.261 e. The standard InChI is InChI=1S/C24H23FN2O5S/c1-3-32-23-16-17(8-14-22(23)31-2)9-15-24(28)26-20-6-4-5-7-21(20)27-33(29,30)19-12-10-18(25)11-13-19/h4-16,27H,3H2,1-2H3,(H,26,28). The fraction of sp³-hybridized carbons (Fsp3) is 0.125. The lowest BCUT2D eigenvalue weighted by atomic mass is 10.2. The molecule has 0 saturated carbocycles. The Balaban J connectivity index is 1.75. The van der Waals surface area contributed by atoms with Crippen LogP contribution >= 0.6 is 0 Å². The minimum absolute atomic E-state index is 0.102. The number of para-hydroxylation sites is 2. The Bertz CT molecular complexity index is 1260. The molecule has 0 aliphatic rings. The van der Waals surface area contributed by atoms with Crippen LogP contribution in [-0.2, 0) is 14.8 Å². The van der Waals surface area contributed by atoms with Gasteiger partial charge < -0.3 is 14.8 Å². The average molecular weight is 471 g/mol. The van der Waals surface area contributed by atoms with Crippen LogP contribution in [0.4, 0.5) is 15.8 Å². The number of sulfonamides is 1. The Morgan fingerprint density at radius 3 is 2.36 bits per heavy atom. The third kappa shape index (κ3) is 6.33. The summed E-state index contributed by atoms with van der Waals surface area (Å²) < 4.78 is 51.5. The molecule has 0 aliphatic heterocycles. The highest BCUT2D eigenvalue weighted by molar-refractivity contribution is 7.92. The molecule has 0 bridgehead atoms. The summed E-state index contributed by atoms with van der Waals surface area (Å²) in [5.74, 6) is 0.139. The molecule has 1 amide bonds. The van der Waals surface area contributed by atoms with E-state index in [2.05, 4.69) is 10.0 Å². The van der Waals surface area contributed by atoms with Gasteiger partial charge in [-0.15, -0.1) is 0 Å². The number of hydrogen-bond acceptors (Lipinski definition) is 5. The summed E-state index contributed by atoms with van der Waals surface area (Å²) in [7, 11) is -2.43. The van der Waals surface area contributed by atoms with Crippen molar-refractivity contribution in [1.29, 1.82) is 0 Å². The van der Waals surface area contributed by atoms with Crippen molar-refractivity contribution < 1.29 is 27.1 Å². The van der Waals surface area contributed by atoms with Crippen LogP contribution in [0.3, 0.4) is 0 Å². The molecule has 0 heterocycles. The van der Waals surface area contributed by atoms with Crippen LogP contribution in [0.25, 0.3) is 6.08 Å². The van der Waals surface area contributed by atoms with E-state index < -0.39 is 21.7 Å². The van der Waals surface area contributed by atoms with Crippen LogP contribution in [0.15, 0.2) is 77.7 Å². The third-order valence-electron chi connectivity index (χ3n) is 4.47. The van der Waals surface area contributed by atoms with Crippen molar-refractivity contribution in [3.8, 4) is 11.5 Å². The van der Waals surface area contributed by atoms with Gasteiger partial charge in [0.05, 0.1) is 30.0 Å². The number of hydrogen-bond donors (Lipinski definition) is 2. The van der Waals surface area contributed by atoms with Crippen molar-refractivity contribution in [3.05, 3.63) is 84.2 Å². The van der Waals surface area contributed by atoms with Crippen molar-refractivity contribution >= 4 is 33.4 Å². The Kier molecular flexibility index (Phi) is 7.68. The Morgan fingerprint density at radius 1 is 1.00 bits per heavy atom. The number of methoxy groups -OCH3 is 1. The number of benzene rings is 3. The van der Waals surface area contributed by atoms with Gasteiger partial charge in [-0.3, -0.25) is 9.52 Å². The van der Waals surface area contributed by atoms with Crippen LogP contribution < -0.4 is 19.5 Å². The summed E-state index contributed by atoms with van der Waals surface area (Å²) in [6, 6.07) is 16.1. The second kappa shape index (κ2) is 10.6. The van der Waals surface area contributed by atoms with Gasteiger partial charge in [0, 0.05) is 6.08 Å². The summed E-state index contributed by atoms with van der Waals surface area (Å²) in [4.78, 5) is 12.4. The number of halogens is 1. The Labute approximate surface area is 191 Å². The first-order valence-electron chi connectivity index (χ1n) is 9.99. The normalized spacial score (nSPS) is 11.2. The molecule has 0 radical (unpaired) electrons. The van der Waals surface area contributed by atoms with Gasteiger partial charge in [0.1, 0.15) is 5.82 Å². The molecule has 172 valence electrons. The maximum absolute atomic E-state index is 13.1. The zero-order valence-corrected chi connectivity index (χ0v) is 18.9. The van der Waals surface area contributed by atoms with E-state index in [0.29, 0.717) is 18.1 Å². The maximum atomic E-state index is 13.1. The van der Waals surface area contributed by atoms with Crippen molar-refractivity contribution in [2.24, 2.45) is 0 Å². The third-order valence-corrected chi connectivity index (χ3v) is 5.85. The van der Waals surface area contributed by atoms with Crippen molar-refractivity contribution in [3.63, 3.8) is 0 Å². The molecule has 7 nitrogen and oxygen atoms in total. The molecule has 3 aromatic carbocycles. The van der Waals surface area contributed by atoms with Gasteiger partial charge in [-0.2, -0.15) is 0 Å². The van der Waals surface area contributed by atoms with Crippen molar-refractivity contribution in [2.45, 2.75) is 11.8 Å². The van der Waals surface area contributed by atoms with Gasteiger partial charge in [0.25, 0.3) is 10.0 Å². The van der Waals surface area contributed by atoms with Gasteiger partial charge in [-0.05, 0) is 67.1 Å². The predicted molar refractivity (Wildman–Crippen MR) is 125 cm³/mol. The molecule has 0 aromatic heterocycles. The molecule has 0 saturated heterocycles. The summed E-state index contributed by atoms with van der Waals surface area (Å²) >= 11 is 0. The molecule has 0 aliphatic carbocycles. The highest BCUT2D eigenvalue weighted by atomic mass is 32.2. The zero-order valence-electron chi connectivity index (χ0n) is 18.0. The molecule has 2 N–H and O–H groups in total. The number of anilines is 2. The monoisotopic (exact) mass is 470 g/mol. The number of nitrogens with one attached hydrogen (secondary N) is 2. The van der Waals surface area contributed by atoms with E-state index in [1.165, 1.54) is 12.1 Å². The highest BCUT2D eigenvalue weighted by Crippen LogP contribution is 2.29. The predicted octanol–water partition coefficient (Wildman–Crippen LogP) is 4.69. The van der Waals surface area contributed by atoms with Crippen molar-refractivity contribution in [1.82, 2.24) is 0 Å². The lowest BCUT2D eigenvalue weighted by molar-refractivity contribution is -0.111. The summed E-state index contributed by atoms with van der Waals surface area (Å²) in [5.41, 5.74) is 1.16. The first-order chi connectivity index (χ1) is 15.8. The molecule has 0 atom stereocenters. The minimum Gasteiger partial charge on any atom is -0.493 e. The van der Waals surface area contributed by atoms with Gasteiger partial charge in [0.15, 0.2) is 11.5 Å². The first-order valence-corrected chi connectivity index (χ1v) is 11.5. The topological polar surface area (TPSA) is 93.7 Å². The lowest BCUT2D eigenvalue weighted by Gasteiger charge is -2.13. The van der Waals surface area contributed by atoms with E-state index in [1.807, 2.05) is 6.92 Å². The van der Waals surface area contributed by atoms with E-state index in [4.69, 9.17) is 9.47 Å². The SMILES string of the molecule is CCOc1cc(C=CC(=O)Nc2ccccc2NS(=O)(=O)c2ccc(F)cc2)ccc1OC. The second-order valence-electron chi connectivity index (χ2n) is 6.77. The number of carbonyl (C=O) groups is 1. The Hall–Kier alpha value is -3.85. The largest absolute Gasteiger partial charge is 0.493 e. The molecule has 0 spiro atoms. The molecule has 3 rings (SSSR count). The lowest BCUT2D eigenvalue weighted by Crippen LogP contribution is -2.16. The zero-order chi connectivity index (χ0) is 23.8. The summed E-state index contributed by atoms with van der Waals surface area (Å²) in [6.45, 7) is 2.33. The summed E-state index contributed by atoms with van der Waals surface area (Å²) in [6.07, 6.45) is 2.92. The van der Waals surface area contributed by atoms with Gasteiger partial charge in [-0.25, -0.2) is 12.8 Å². The second-order valence-corrected chi connectivity index (χ2v) is 8.45. The number of ether oxygens (including phenoxy) is 2. The van der Waals surface area contributed by atoms with Gasteiger partial charge in [-0.1, -0.05) is 18.2 Å². The molecule has 0 unspecified atom stereocenters. The number of amides is 1. The van der Waals surface area contributed by atoms with Crippen LogP contribution in [0.1, 0.15) is 12.5 Å². The summed E-state index contributed by atoms with van der Waals surface area (Å²) in [5, 5.41) is 2.66. The van der Waals surface area contributed by atoms with E-state index in [-0.39, 0.29) is 16.3 Å². The van der Waals surface area contributed by atoms with E-state index >= 15 is 0 Å². The van der Waals surface area contributed by atoms with Gasteiger partial charge in [0.2, 0.25) is 5.91 Å². The fourth-order valence-electron chi connectivity index (χ4n) is 2.91. The molecule has 3 aromatic rings. The average Bonchev–Trinajstić information content (AvgIpc) is 2.79. The van der Waals surface area contributed by atoms with Crippen molar-refractivity contribution in [2.75, 3.05) is 23.8 Å². The van der Waals surface area contributed by atoms with E-state index in [1.54, 1.807) is 49.6 Å². The molecule has 0 fully saturated rings. The quantitative estimate of drug-likeness (QED) is 0.443. The first kappa shape index (κ1) is 23.8. The van der Waals surface area contributed by atoms with E-state index in [0.717, 1.165) is 29.8 Å².